The van der Waals surface area contributed by atoms with Crippen molar-refractivity contribution in [1.29, 1.82) is 0 Å². The van der Waals surface area contributed by atoms with Gasteiger partial charge in [-0.05, 0) is 30.9 Å². The summed E-state index contributed by atoms with van der Waals surface area (Å²) in [5, 5.41) is 14.2. The van der Waals surface area contributed by atoms with E-state index in [1.807, 2.05) is 45.0 Å². The Morgan fingerprint density at radius 3 is 2.23 bits per heavy atom. The van der Waals surface area contributed by atoms with Crippen LogP contribution in [0, 0.1) is 23.0 Å². The zero-order chi connectivity index (χ0) is 22.3. The van der Waals surface area contributed by atoms with Gasteiger partial charge in [0.05, 0.1) is 11.3 Å². The van der Waals surface area contributed by atoms with Crippen LogP contribution in [-0.4, -0.2) is 34.2 Å². The predicted octanol–water partition coefficient (Wildman–Crippen LogP) is 3.64. The highest BCUT2D eigenvalue weighted by atomic mass is 16.6. The second-order valence-electron chi connectivity index (χ2n) is 7.83. The largest absolute Gasteiger partial charge is 0.354 e. The molecule has 0 fully saturated rings. The van der Waals surface area contributed by atoms with E-state index in [2.05, 4.69) is 5.32 Å². The van der Waals surface area contributed by atoms with Crippen molar-refractivity contribution in [2.75, 3.05) is 6.54 Å². The van der Waals surface area contributed by atoms with E-state index in [1.54, 1.807) is 25.1 Å². The summed E-state index contributed by atoms with van der Waals surface area (Å²) in [6.45, 7) is 8.39. The van der Waals surface area contributed by atoms with Gasteiger partial charge in [0.25, 0.3) is 5.69 Å². The van der Waals surface area contributed by atoms with E-state index < -0.39 is 11.0 Å². The monoisotopic (exact) mass is 411 g/mol. The first-order chi connectivity index (χ1) is 14.2. The summed E-state index contributed by atoms with van der Waals surface area (Å²) in [7, 11) is 0. The number of nitrogens with one attached hydrogen (secondary N) is 1. The van der Waals surface area contributed by atoms with Crippen LogP contribution in [0.5, 0.6) is 0 Å². The van der Waals surface area contributed by atoms with E-state index in [4.69, 9.17) is 0 Å². The molecule has 0 saturated heterocycles. The molecule has 2 amide bonds. The van der Waals surface area contributed by atoms with Crippen molar-refractivity contribution in [2.45, 2.75) is 46.7 Å². The van der Waals surface area contributed by atoms with Gasteiger partial charge in [-0.25, -0.2) is 0 Å². The molecule has 0 heterocycles. The molecule has 2 aromatic carbocycles. The number of rotatable bonds is 9. The van der Waals surface area contributed by atoms with E-state index in [0.29, 0.717) is 12.1 Å². The Morgan fingerprint density at radius 1 is 1.03 bits per heavy atom. The number of amides is 2. The summed E-state index contributed by atoms with van der Waals surface area (Å²) in [5.41, 5.74) is 2.17. The fourth-order valence-corrected chi connectivity index (χ4v) is 3.11. The van der Waals surface area contributed by atoms with Crippen molar-refractivity contribution in [3.8, 4) is 0 Å². The van der Waals surface area contributed by atoms with Crippen molar-refractivity contribution in [3.63, 3.8) is 0 Å². The van der Waals surface area contributed by atoms with Crippen LogP contribution in [-0.2, 0) is 22.6 Å². The van der Waals surface area contributed by atoms with Gasteiger partial charge in [-0.2, -0.15) is 0 Å². The highest BCUT2D eigenvalue weighted by molar-refractivity contribution is 5.88. The first-order valence-electron chi connectivity index (χ1n) is 10.0. The Morgan fingerprint density at radius 2 is 1.63 bits per heavy atom. The van der Waals surface area contributed by atoms with Crippen molar-refractivity contribution >= 4 is 17.5 Å². The van der Waals surface area contributed by atoms with Gasteiger partial charge in [-0.1, -0.05) is 56.3 Å². The van der Waals surface area contributed by atoms with Gasteiger partial charge in [0.1, 0.15) is 6.04 Å². The van der Waals surface area contributed by atoms with Gasteiger partial charge in [-0.15, -0.1) is 0 Å². The molecule has 0 saturated carbocycles. The highest BCUT2D eigenvalue weighted by Gasteiger charge is 2.28. The number of aryl methyl sites for hydroxylation is 1. The molecule has 0 radical (unpaired) electrons. The molecule has 1 N–H and O–H groups in total. The number of nitro groups is 1. The van der Waals surface area contributed by atoms with Crippen LogP contribution < -0.4 is 5.32 Å². The fourth-order valence-electron chi connectivity index (χ4n) is 3.11. The molecule has 2 rings (SSSR count). The van der Waals surface area contributed by atoms with Gasteiger partial charge >= 0.3 is 0 Å². The molecule has 0 aliphatic rings. The summed E-state index contributed by atoms with van der Waals surface area (Å²) >= 11 is 0. The molecular formula is C23H29N3O4. The van der Waals surface area contributed by atoms with Crippen molar-refractivity contribution in [3.05, 3.63) is 75.3 Å². The van der Waals surface area contributed by atoms with E-state index >= 15 is 0 Å². The molecule has 0 aliphatic carbocycles. The van der Waals surface area contributed by atoms with Gasteiger partial charge in [-0.3, -0.25) is 19.7 Å². The Balaban J connectivity index is 2.30. The number of hydrogen-bond acceptors (Lipinski definition) is 4. The standard InChI is InChI=1S/C23H29N3O4/c1-16(2)14-24-23(28)18(4)25(15-20-11-6-5-9-17(20)3)22(27)13-19-10-7-8-12-21(19)26(29)30/h5-12,16,18H,13-15H2,1-4H3,(H,24,28)/t18-/m0/s1. The maximum Gasteiger partial charge on any atom is 0.273 e. The van der Waals surface area contributed by atoms with E-state index in [-0.39, 0.29) is 36.4 Å². The molecule has 30 heavy (non-hydrogen) atoms. The zero-order valence-electron chi connectivity index (χ0n) is 17.9. The summed E-state index contributed by atoms with van der Waals surface area (Å²) in [4.78, 5) is 38.2. The van der Waals surface area contributed by atoms with Gasteiger partial charge in [0, 0.05) is 24.7 Å². The number of para-hydroxylation sites is 1. The minimum absolute atomic E-state index is 0.0985. The Bertz CT molecular complexity index is 911. The number of carbonyl (C=O) groups excluding carboxylic acids is 2. The Labute approximate surface area is 177 Å². The number of carbonyl (C=O) groups is 2. The quantitative estimate of drug-likeness (QED) is 0.504. The molecule has 0 bridgehead atoms. The zero-order valence-corrected chi connectivity index (χ0v) is 17.9. The summed E-state index contributed by atoms with van der Waals surface area (Å²) < 4.78 is 0. The smallest absolute Gasteiger partial charge is 0.273 e. The third-order valence-corrected chi connectivity index (χ3v) is 4.98. The van der Waals surface area contributed by atoms with Crippen LogP contribution >= 0.6 is 0 Å². The minimum Gasteiger partial charge on any atom is -0.354 e. The maximum atomic E-state index is 13.2. The van der Waals surface area contributed by atoms with Crippen LogP contribution in [0.2, 0.25) is 0 Å². The summed E-state index contributed by atoms with van der Waals surface area (Å²) in [6, 6.07) is 13.1. The van der Waals surface area contributed by atoms with Crippen molar-refractivity contribution in [1.82, 2.24) is 10.2 Å². The first-order valence-corrected chi connectivity index (χ1v) is 10.0. The highest BCUT2D eigenvalue weighted by Crippen LogP contribution is 2.21. The third-order valence-electron chi connectivity index (χ3n) is 4.98. The van der Waals surface area contributed by atoms with Crippen molar-refractivity contribution < 1.29 is 14.5 Å². The maximum absolute atomic E-state index is 13.2. The lowest BCUT2D eigenvalue weighted by atomic mass is 10.0. The molecule has 0 unspecified atom stereocenters. The topological polar surface area (TPSA) is 92.6 Å². The number of benzene rings is 2. The number of hydrogen-bond donors (Lipinski definition) is 1. The molecule has 160 valence electrons. The van der Waals surface area contributed by atoms with Crippen LogP contribution in [0.25, 0.3) is 0 Å². The second kappa shape index (κ2) is 10.5. The average Bonchev–Trinajstić information content (AvgIpc) is 2.71. The molecule has 0 aliphatic heterocycles. The van der Waals surface area contributed by atoms with Crippen LogP contribution in [0.3, 0.4) is 0 Å². The SMILES string of the molecule is Cc1ccccc1CN(C(=O)Cc1ccccc1[N+](=O)[O-])[C@@H](C)C(=O)NCC(C)C. The molecule has 0 aromatic heterocycles. The van der Waals surface area contributed by atoms with Crippen LogP contribution in [0.15, 0.2) is 48.5 Å². The van der Waals surface area contributed by atoms with E-state index in [0.717, 1.165) is 11.1 Å². The Kier molecular flexibility index (Phi) is 8.09. The van der Waals surface area contributed by atoms with Crippen LogP contribution in [0.1, 0.15) is 37.5 Å². The normalized spacial score (nSPS) is 11.8. The molecule has 7 heteroatoms. The average molecular weight is 412 g/mol. The summed E-state index contributed by atoms with van der Waals surface area (Å²) in [6.07, 6.45) is -0.148. The molecule has 7 nitrogen and oxygen atoms in total. The molecular weight excluding hydrogens is 382 g/mol. The predicted molar refractivity (Wildman–Crippen MR) is 116 cm³/mol. The number of nitro benzene ring substituents is 1. The lowest BCUT2D eigenvalue weighted by molar-refractivity contribution is -0.385. The first kappa shape index (κ1) is 23.1. The molecule has 1 atom stereocenters. The lowest BCUT2D eigenvalue weighted by Gasteiger charge is -2.29. The number of nitrogens with zero attached hydrogens (tertiary/aromatic N) is 2. The third kappa shape index (κ3) is 6.14. The van der Waals surface area contributed by atoms with Crippen molar-refractivity contribution in [2.24, 2.45) is 5.92 Å². The lowest BCUT2D eigenvalue weighted by Crippen LogP contribution is -2.48. The van der Waals surface area contributed by atoms with Gasteiger partial charge in [0.15, 0.2) is 0 Å². The van der Waals surface area contributed by atoms with E-state index in [9.17, 15) is 19.7 Å². The Hall–Kier alpha value is -3.22. The second-order valence-corrected chi connectivity index (χ2v) is 7.83. The summed E-state index contributed by atoms with van der Waals surface area (Å²) in [5.74, 6) is -0.290. The van der Waals surface area contributed by atoms with Gasteiger partial charge < -0.3 is 10.2 Å². The van der Waals surface area contributed by atoms with Gasteiger partial charge in [0.2, 0.25) is 11.8 Å². The molecule has 0 spiro atoms. The fraction of sp³-hybridized carbons (Fsp3) is 0.391. The van der Waals surface area contributed by atoms with E-state index in [1.165, 1.54) is 11.0 Å². The minimum atomic E-state index is -0.710. The molecule has 2 aromatic rings. The van der Waals surface area contributed by atoms with Crippen LogP contribution in [0.4, 0.5) is 5.69 Å².